The van der Waals surface area contributed by atoms with Crippen LogP contribution in [0.15, 0.2) is 23.1 Å². The van der Waals surface area contributed by atoms with Gasteiger partial charge in [-0.05, 0) is 44.2 Å². The first-order valence-electron chi connectivity index (χ1n) is 5.14. The number of halogens is 2. The Morgan fingerprint density at radius 3 is 2.53 bits per heavy atom. The number of benzene rings is 1. The van der Waals surface area contributed by atoms with E-state index in [2.05, 4.69) is 0 Å². The maximum Gasteiger partial charge on any atom is 0.309 e. The Bertz CT molecular complexity index is 419. The van der Waals surface area contributed by atoms with Crippen molar-refractivity contribution in [2.24, 2.45) is 5.41 Å². The Morgan fingerprint density at radius 2 is 2.00 bits per heavy atom. The van der Waals surface area contributed by atoms with Gasteiger partial charge in [-0.25, -0.2) is 8.78 Å². The van der Waals surface area contributed by atoms with Gasteiger partial charge in [0, 0.05) is 4.90 Å². The Labute approximate surface area is 103 Å². The molecule has 0 unspecified atom stereocenters. The number of carboxylic acid groups (broad SMARTS) is 1. The maximum atomic E-state index is 12.9. The van der Waals surface area contributed by atoms with Crippen molar-refractivity contribution >= 4 is 17.7 Å². The lowest BCUT2D eigenvalue weighted by atomic mass is 9.91. The molecule has 0 aliphatic rings. The predicted molar refractivity (Wildman–Crippen MR) is 63.1 cm³/mol. The number of hydrogen-bond donors (Lipinski definition) is 1. The van der Waals surface area contributed by atoms with Crippen molar-refractivity contribution in [3.8, 4) is 0 Å². The number of aliphatic carboxylic acids is 1. The molecule has 0 atom stereocenters. The van der Waals surface area contributed by atoms with Crippen molar-refractivity contribution in [2.75, 3.05) is 5.75 Å². The highest BCUT2D eigenvalue weighted by Gasteiger charge is 2.26. The van der Waals surface area contributed by atoms with E-state index in [1.807, 2.05) is 0 Å². The minimum atomic E-state index is -0.882. The highest BCUT2D eigenvalue weighted by Crippen LogP contribution is 2.27. The molecule has 94 valence electrons. The molecule has 1 aromatic rings. The van der Waals surface area contributed by atoms with Gasteiger partial charge in [0.1, 0.15) is 0 Å². The summed E-state index contributed by atoms with van der Waals surface area (Å²) in [6.07, 6.45) is 0.464. The quantitative estimate of drug-likeness (QED) is 0.822. The molecular formula is C12H14F2O2S. The van der Waals surface area contributed by atoms with Gasteiger partial charge in [-0.3, -0.25) is 4.79 Å². The standard InChI is InChI=1S/C12H14F2O2S/c1-12(2,11(15)16)5-6-17-8-3-4-9(13)10(14)7-8/h3-4,7H,5-6H2,1-2H3,(H,15,16). The van der Waals surface area contributed by atoms with E-state index in [-0.39, 0.29) is 0 Å². The number of carboxylic acids is 1. The summed E-state index contributed by atoms with van der Waals surface area (Å²) >= 11 is 1.32. The minimum Gasteiger partial charge on any atom is -0.481 e. The summed E-state index contributed by atoms with van der Waals surface area (Å²) in [5, 5.41) is 8.90. The highest BCUT2D eigenvalue weighted by molar-refractivity contribution is 7.99. The summed E-state index contributed by atoms with van der Waals surface area (Å²) < 4.78 is 25.5. The third-order valence-electron chi connectivity index (χ3n) is 2.47. The van der Waals surface area contributed by atoms with Gasteiger partial charge in [0.25, 0.3) is 0 Å². The predicted octanol–water partition coefficient (Wildman–Crippen LogP) is 3.56. The molecule has 0 saturated carbocycles. The minimum absolute atomic E-state index is 0.464. The summed E-state index contributed by atoms with van der Waals surface area (Å²) in [5.74, 6) is -2.07. The lowest BCUT2D eigenvalue weighted by molar-refractivity contribution is -0.146. The van der Waals surface area contributed by atoms with E-state index < -0.39 is 23.0 Å². The summed E-state index contributed by atoms with van der Waals surface area (Å²) in [6.45, 7) is 3.28. The fraction of sp³-hybridized carbons (Fsp3) is 0.417. The first kappa shape index (κ1) is 14.0. The van der Waals surface area contributed by atoms with Crippen LogP contribution in [0.4, 0.5) is 8.78 Å². The Morgan fingerprint density at radius 1 is 1.35 bits per heavy atom. The second-order valence-corrected chi connectivity index (χ2v) is 5.53. The number of carbonyl (C=O) groups is 1. The fourth-order valence-electron chi connectivity index (χ4n) is 1.10. The summed E-state index contributed by atoms with van der Waals surface area (Å²) in [6, 6.07) is 3.67. The van der Waals surface area contributed by atoms with E-state index in [9.17, 15) is 13.6 Å². The molecule has 1 N–H and O–H groups in total. The molecule has 1 aromatic carbocycles. The molecule has 1 rings (SSSR count). The molecule has 0 fully saturated rings. The third kappa shape index (κ3) is 4.00. The SMILES string of the molecule is CC(C)(CCSc1ccc(F)c(F)c1)C(=O)O. The monoisotopic (exact) mass is 260 g/mol. The number of rotatable bonds is 5. The van der Waals surface area contributed by atoms with Crippen molar-refractivity contribution in [3.63, 3.8) is 0 Å². The molecule has 0 spiro atoms. The molecule has 0 aromatic heterocycles. The lowest BCUT2D eigenvalue weighted by Gasteiger charge is -2.18. The highest BCUT2D eigenvalue weighted by atomic mass is 32.2. The molecule has 0 aliphatic carbocycles. The topological polar surface area (TPSA) is 37.3 Å². The summed E-state index contributed by atoms with van der Waals surface area (Å²) in [5.41, 5.74) is -0.800. The van der Waals surface area contributed by atoms with Gasteiger partial charge in [0.05, 0.1) is 5.41 Å². The molecule has 0 aliphatic heterocycles. The first-order chi connectivity index (χ1) is 7.83. The van der Waals surface area contributed by atoms with Crippen LogP contribution < -0.4 is 0 Å². The Hall–Kier alpha value is -1.10. The van der Waals surface area contributed by atoms with E-state index in [0.29, 0.717) is 17.1 Å². The zero-order valence-corrected chi connectivity index (χ0v) is 10.5. The van der Waals surface area contributed by atoms with E-state index >= 15 is 0 Å². The number of thioether (sulfide) groups is 1. The zero-order valence-electron chi connectivity index (χ0n) is 9.67. The molecular weight excluding hydrogens is 246 g/mol. The molecule has 2 nitrogen and oxygen atoms in total. The second kappa shape index (κ2) is 5.49. The van der Waals surface area contributed by atoms with Crippen LogP contribution in [0, 0.1) is 17.0 Å². The smallest absolute Gasteiger partial charge is 0.309 e. The fourth-order valence-corrected chi connectivity index (χ4v) is 2.30. The Kier molecular flexibility index (Phi) is 4.51. The van der Waals surface area contributed by atoms with Crippen LogP contribution in [-0.2, 0) is 4.79 Å². The van der Waals surface area contributed by atoms with Crippen molar-refractivity contribution in [1.29, 1.82) is 0 Å². The summed E-state index contributed by atoms with van der Waals surface area (Å²) in [4.78, 5) is 11.4. The molecule has 0 amide bonds. The molecule has 0 saturated heterocycles. The molecule has 0 bridgehead atoms. The average molecular weight is 260 g/mol. The van der Waals surface area contributed by atoms with Gasteiger partial charge in [-0.15, -0.1) is 11.8 Å². The van der Waals surface area contributed by atoms with Gasteiger partial charge in [0.2, 0.25) is 0 Å². The molecule has 0 heterocycles. The van der Waals surface area contributed by atoms with Crippen LogP contribution in [-0.4, -0.2) is 16.8 Å². The van der Waals surface area contributed by atoms with Crippen LogP contribution in [0.1, 0.15) is 20.3 Å². The average Bonchev–Trinajstić information content (AvgIpc) is 2.23. The van der Waals surface area contributed by atoms with Gasteiger partial charge in [0.15, 0.2) is 11.6 Å². The lowest BCUT2D eigenvalue weighted by Crippen LogP contribution is -2.24. The van der Waals surface area contributed by atoms with Gasteiger partial charge in [-0.1, -0.05) is 0 Å². The second-order valence-electron chi connectivity index (χ2n) is 4.36. The van der Waals surface area contributed by atoms with Crippen LogP contribution in [0.3, 0.4) is 0 Å². The van der Waals surface area contributed by atoms with Gasteiger partial charge >= 0.3 is 5.97 Å². The molecule has 0 radical (unpaired) electrons. The van der Waals surface area contributed by atoms with Crippen LogP contribution in [0.5, 0.6) is 0 Å². The third-order valence-corrected chi connectivity index (χ3v) is 3.46. The van der Waals surface area contributed by atoms with Crippen molar-refractivity contribution in [1.82, 2.24) is 0 Å². The largest absolute Gasteiger partial charge is 0.481 e. The summed E-state index contributed by atoms with van der Waals surface area (Å²) in [7, 11) is 0. The van der Waals surface area contributed by atoms with Crippen LogP contribution in [0.25, 0.3) is 0 Å². The van der Waals surface area contributed by atoms with Crippen molar-refractivity contribution in [2.45, 2.75) is 25.2 Å². The van der Waals surface area contributed by atoms with E-state index in [0.717, 1.165) is 12.1 Å². The van der Waals surface area contributed by atoms with Crippen molar-refractivity contribution < 1.29 is 18.7 Å². The van der Waals surface area contributed by atoms with E-state index in [1.165, 1.54) is 17.8 Å². The zero-order chi connectivity index (χ0) is 13.1. The van der Waals surface area contributed by atoms with E-state index in [4.69, 9.17) is 5.11 Å². The Balaban J connectivity index is 2.51. The first-order valence-corrected chi connectivity index (χ1v) is 6.13. The molecule has 5 heteroatoms. The van der Waals surface area contributed by atoms with Crippen LogP contribution in [0.2, 0.25) is 0 Å². The normalized spacial score (nSPS) is 11.5. The van der Waals surface area contributed by atoms with E-state index in [1.54, 1.807) is 13.8 Å². The van der Waals surface area contributed by atoms with Crippen molar-refractivity contribution in [3.05, 3.63) is 29.8 Å². The maximum absolute atomic E-state index is 12.9. The van der Waals surface area contributed by atoms with Gasteiger partial charge < -0.3 is 5.11 Å². The number of hydrogen-bond acceptors (Lipinski definition) is 2. The van der Waals surface area contributed by atoms with Crippen LogP contribution >= 0.6 is 11.8 Å². The molecule has 17 heavy (non-hydrogen) atoms. The van der Waals surface area contributed by atoms with Gasteiger partial charge in [-0.2, -0.15) is 0 Å².